The predicted molar refractivity (Wildman–Crippen MR) is 93.7 cm³/mol. The smallest absolute Gasteiger partial charge is 0.375 e. The molecule has 9 heteroatoms. The van der Waals surface area contributed by atoms with Gasteiger partial charge in [0.1, 0.15) is 5.58 Å². The first-order valence-corrected chi connectivity index (χ1v) is 8.88. The average molecular weight is 376 g/mol. The van der Waals surface area contributed by atoms with Gasteiger partial charge in [0.2, 0.25) is 11.7 Å². The largest absolute Gasteiger partial charge is 0.449 e. The van der Waals surface area contributed by atoms with Crippen LogP contribution in [-0.2, 0) is 14.3 Å². The summed E-state index contributed by atoms with van der Waals surface area (Å²) in [7, 11) is 0. The minimum atomic E-state index is -1.05. The minimum Gasteiger partial charge on any atom is -0.449 e. The number of benzene rings is 1. The number of nitrogens with one attached hydrogen (secondary N) is 1. The lowest BCUT2D eigenvalue weighted by Crippen LogP contribution is -2.41. The van der Waals surface area contributed by atoms with Gasteiger partial charge in [0, 0.05) is 18.5 Å². The van der Waals surface area contributed by atoms with Crippen molar-refractivity contribution in [2.24, 2.45) is 0 Å². The second-order valence-electron chi connectivity index (χ2n) is 5.59. The molecule has 26 heavy (non-hydrogen) atoms. The SMILES string of the molecule is C[C@@H](OC(=O)c1cc2ccccc2o1)C(=O)NCCN1C(=O)CSC1=O. The standard InChI is InChI=1S/C17H16N2O6S/c1-10(15(21)18-6-7-19-14(20)9-26-17(19)23)24-16(22)13-8-11-4-2-3-5-12(11)25-13/h2-5,8,10H,6-7,9H2,1H3,(H,18,21)/t10-/m1/s1. The zero-order valence-corrected chi connectivity index (χ0v) is 14.7. The van der Waals surface area contributed by atoms with Crippen molar-refractivity contribution < 1.29 is 28.3 Å². The maximum Gasteiger partial charge on any atom is 0.375 e. The molecule has 1 aromatic carbocycles. The number of carbonyl (C=O) groups excluding carboxylic acids is 4. The number of amides is 3. The number of hydrogen-bond acceptors (Lipinski definition) is 7. The molecule has 1 N–H and O–H groups in total. The van der Waals surface area contributed by atoms with E-state index in [1.54, 1.807) is 24.3 Å². The molecule has 2 aromatic rings. The van der Waals surface area contributed by atoms with Gasteiger partial charge in [-0.05, 0) is 19.1 Å². The Hall–Kier alpha value is -2.81. The topological polar surface area (TPSA) is 106 Å². The van der Waals surface area contributed by atoms with Gasteiger partial charge in [-0.1, -0.05) is 30.0 Å². The first kappa shape index (κ1) is 18.0. The highest BCUT2D eigenvalue weighted by atomic mass is 32.2. The van der Waals surface area contributed by atoms with Crippen LogP contribution < -0.4 is 5.32 Å². The Labute approximate surface area is 152 Å². The fraction of sp³-hybridized carbons (Fsp3) is 0.294. The monoisotopic (exact) mass is 376 g/mol. The number of thioether (sulfide) groups is 1. The van der Waals surface area contributed by atoms with E-state index in [9.17, 15) is 19.2 Å². The van der Waals surface area contributed by atoms with Gasteiger partial charge < -0.3 is 14.5 Å². The van der Waals surface area contributed by atoms with Crippen LogP contribution in [0.4, 0.5) is 4.79 Å². The maximum absolute atomic E-state index is 12.1. The number of imide groups is 1. The quantitative estimate of drug-likeness (QED) is 0.766. The van der Waals surface area contributed by atoms with Gasteiger partial charge in [-0.25, -0.2) is 4.79 Å². The molecule has 0 unspecified atom stereocenters. The van der Waals surface area contributed by atoms with Crippen LogP contribution in [0.3, 0.4) is 0 Å². The summed E-state index contributed by atoms with van der Waals surface area (Å²) in [6, 6.07) is 8.67. The molecule has 0 radical (unpaired) electrons. The average Bonchev–Trinajstić information content (AvgIpc) is 3.19. The van der Waals surface area contributed by atoms with Crippen molar-refractivity contribution in [2.45, 2.75) is 13.0 Å². The molecule has 1 aliphatic heterocycles. The summed E-state index contributed by atoms with van der Waals surface area (Å²) >= 11 is 0.931. The van der Waals surface area contributed by atoms with E-state index in [0.717, 1.165) is 22.0 Å². The third-order valence-electron chi connectivity index (χ3n) is 3.75. The summed E-state index contributed by atoms with van der Waals surface area (Å²) in [5.41, 5.74) is 0.550. The molecule has 0 saturated carbocycles. The van der Waals surface area contributed by atoms with Gasteiger partial charge in [0.15, 0.2) is 6.10 Å². The number of ether oxygens (including phenoxy) is 1. The Bertz CT molecular complexity index is 828. The highest BCUT2D eigenvalue weighted by molar-refractivity contribution is 8.14. The Morgan fingerprint density at radius 1 is 1.35 bits per heavy atom. The summed E-state index contributed by atoms with van der Waals surface area (Å²) in [5, 5.41) is 2.97. The Kier molecular flexibility index (Phi) is 5.27. The summed E-state index contributed by atoms with van der Waals surface area (Å²) in [6.45, 7) is 1.60. The summed E-state index contributed by atoms with van der Waals surface area (Å²) in [4.78, 5) is 48.1. The number of rotatable bonds is 6. The van der Waals surface area contributed by atoms with Crippen molar-refractivity contribution in [1.29, 1.82) is 0 Å². The van der Waals surface area contributed by atoms with E-state index >= 15 is 0 Å². The third kappa shape index (κ3) is 3.88. The minimum absolute atomic E-state index is 0.0103. The highest BCUT2D eigenvalue weighted by Crippen LogP contribution is 2.20. The number of esters is 1. The van der Waals surface area contributed by atoms with Gasteiger partial charge in [0.05, 0.1) is 5.75 Å². The van der Waals surface area contributed by atoms with E-state index in [4.69, 9.17) is 9.15 Å². The lowest BCUT2D eigenvalue weighted by Gasteiger charge is -2.15. The molecule has 1 aliphatic rings. The van der Waals surface area contributed by atoms with E-state index in [0.29, 0.717) is 5.58 Å². The number of carbonyl (C=O) groups is 4. The fourth-order valence-corrected chi connectivity index (χ4v) is 3.14. The van der Waals surface area contributed by atoms with Gasteiger partial charge in [-0.15, -0.1) is 0 Å². The highest BCUT2D eigenvalue weighted by Gasteiger charge is 2.29. The molecular formula is C17H16N2O6S. The molecule has 3 rings (SSSR count). The van der Waals surface area contributed by atoms with Crippen molar-refractivity contribution in [1.82, 2.24) is 10.2 Å². The van der Waals surface area contributed by atoms with Gasteiger partial charge in [-0.3, -0.25) is 19.3 Å². The van der Waals surface area contributed by atoms with Crippen molar-refractivity contribution >= 4 is 45.8 Å². The van der Waals surface area contributed by atoms with E-state index in [2.05, 4.69) is 5.32 Å². The molecule has 1 saturated heterocycles. The number of nitrogens with zero attached hydrogens (tertiary/aromatic N) is 1. The van der Waals surface area contributed by atoms with Crippen LogP contribution in [0, 0.1) is 0 Å². The van der Waals surface area contributed by atoms with Crippen molar-refractivity contribution in [3.05, 3.63) is 36.1 Å². The lowest BCUT2D eigenvalue weighted by atomic mass is 10.2. The number of furan rings is 1. The molecule has 1 atom stereocenters. The Morgan fingerprint density at radius 3 is 2.81 bits per heavy atom. The normalized spacial score (nSPS) is 15.3. The molecule has 2 heterocycles. The second kappa shape index (κ2) is 7.61. The summed E-state index contributed by atoms with van der Waals surface area (Å²) < 4.78 is 10.5. The van der Waals surface area contributed by atoms with Crippen LogP contribution in [0.2, 0.25) is 0 Å². The van der Waals surface area contributed by atoms with Crippen molar-refractivity contribution in [3.8, 4) is 0 Å². The Balaban J connectivity index is 1.49. The van der Waals surface area contributed by atoms with Crippen LogP contribution >= 0.6 is 11.8 Å². The molecule has 1 aromatic heterocycles. The molecular weight excluding hydrogens is 360 g/mol. The van der Waals surface area contributed by atoms with E-state index in [-0.39, 0.29) is 35.7 Å². The van der Waals surface area contributed by atoms with Crippen molar-refractivity contribution in [2.75, 3.05) is 18.8 Å². The molecule has 136 valence electrons. The van der Waals surface area contributed by atoms with Crippen LogP contribution in [0.15, 0.2) is 34.7 Å². The fourth-order valence-electron chi connectivity index (χ4n) is 2.39. The van der Waals surface area contributed by atoms with Crippen LogP contribution in [0.1, 0.15) is 17.5 Å². The summed E-state index contributed by atoms with van der Waals surface area (Å²) in [5.74, 6) is -1.42. The first-order chi connectivity index (χ1) is 12.5. The van der Waals surface area contributed by atoms with Gasteiger partial charge in [0.25, 0.3) is 11.1 Å². The number of hydrogen-bond donors (Lipinski definition) is 1. The molecule has 0 bridgehead atoms. The zero-order chi connectivity index (χ0) is 18.7. The summed E-state index contributed by atoms with van der Waals surface area (Å²) in [6.07, 6.45) is -1.05. The van der Waals surface area contributed by atoms with E-state index in [1.807, 2.05) is 6.07 Å². The zero-order valence-electron chi connectivity index (χ0n) is 13.9. The second-order valence-corrected chi connectivity index (χ2v) is 6.51. The number of para-hydroxylation sites is 1. The maximum atomic E-state index is 12.1. The molecule has 0 aliphatic carbocycles. The van der Waals surface area contributed by atoms with Crippen LogP contribution in [0.25, 0.3) is 11.0 Å². The van der Waals surface area contributed by atoms with Crippen LogP contribution in [-0.4, -0.2) is 52.9 Å². The van der Waals surface area contributed by atoms with Crippen LogP contribution in [0.5, 0.6) is 0 Å². The molecule has 1 fully saturated rings. The number of fused-ring (bicyclic) bond motifs is 1. The van der Waals surface area contributed by atoms with Crippen molar-refractivity contribution in [3.63, 3.8) is 0 Å². The molecule has 8 nitrogen and oxygen atoms in total. The molecule has 0 spiro atoms. The Morgan fingerprint density at radius 2 is 2.12 bits per heavy atom. The van der Waals surface area contributed by atoms with Gasteiger partial charge >= 0.3 is 5.97 Å². The third-order valence-corrected chi connectivity index (χ3v) is 4.61. The first-order valence-electron chi connectivity index (χ1n) is 7.90. The lowest BCUT2D eigenvalue weighted by molar-refractivity contribution is -0.130. The molecule has 3 amide bonds. The van der Waals surface area contributed by atoms with E-state index < -0.39 is 18.0 Å². The van der Waals surface area contributed by atoms with E-state index in [1.165, 1.54) is 6.92 Å². The predicted octanol–water partition coefficient (Wildman–Crippen LogP) is 1.79. The van der Waals surface area contributed by atoms with Gasteiger partial charge in [-0.2, -0.15) is 0 Å².